The first kappa shape index (κ1) is 16.5. The van der Waals surface area contributed by atoms with E-state index in [0.29, 0.717) is 15.0 Å². The first-order valence-corrected chi connectivity index (χ1v) is 7.89. The van der Waals surface area contributed by atoms with Crippen molar-refractivity contribution in [2.24, 2.45) is 0 Å². The van der Waals surface area contributed by atoms with Gasteiger partial charge in [0.25, 0.3) is 5.91 Å². The summed E-state index contributed by atoms with van der Waals surface area (Å²) < 4.78 is 36.9. The van der Waals surface area contributed by atoms with E-state index in [1.807, 2.05) is 0 Å². The van der Waals surface area contributed by atoms with Crippen molar-refractivity contribution in [1.29, 1.82) is 0 Å². The second kappa shape index (κ2) is 7.95. The molecule has 0 saturated carbocycles. The molecule has 2 rings (SSSR count). The number of carbonyl (C=O) groups excluding carboxylic acids is 1. The zero-order valence-corrected chi connectivity index (χ0v) is 12.7. The summed E-state index contributed by atoms with van der Waals surface area (Å²) in [6, 6.07) is 8.59. The van der Waals surface area contributed by atoms with Crippen LogP contribution in [0.4, 0.5) is 18.3 Å². The van der Waals surface area contributed by atoms with Gasteiger partial charge in [-0.2, -0.15) is 8.78 Å². The lowest BCUT2D eigenvalue weighted by Gasteiger charge is -1.99. The smallest absolute Gasteiger partial charge is 0.296 e. The Kier molecular flexibility index (Phi) is 5.96. The van der Waals surface area contributed by atoms with Gasteiger partial charge in [-0.25, -0.2) is 4.39 Å². The van der Waals surface area contributed by atoms with E-state index in [-0.39, 0.29) is 18.1 Å². The lowest BCUT2D eigenvalue weighted by atomic mass is 10.2. The van der Waals surface area contributed by atoms with Gasteiger partial charge in [-0.15, -0.1) is 10.2 Å². The van der Waals surface area contributed by atoms with Crippen molar-refractivity contribution in [3.05, 3.63) is 47.8 Å². The first-order chi connectivity index (χ1) is 10.6. The fraction of sp³-hybridized carbons (Fsp3) is 0.154. The number of rotatable bonds is 6. The van der Waals surface area contributed by atoms with Gasteiger partial charge in [-0.1, -0.05) is 41.3 Å². The number of carbonyl (C=O) groups is 1. The molecule has 0 unspecified atom stereocenters. The molecule has 1 aromatic carbocycles. The standard InChI is InChI=1S/C13H10F3N3OS2/c14-9(10(15)16)6-7-21-13-19-18-12(22-13)17-11(20)8-4-2-1-3-5-8/h1-5H,6-7H2,(H,17,18,20). The molecule has 0 bridgehead atoms. The van der Waals surface area contributed by atoms with E-state index in [1.54, 1.807) is 30.3 Å². The van der Waals surface area contributed by atoms with Gasteiger partial charge < -0.3 is 0 Å². The highest BCUT2D eigenvalue weighted by Gasteiger charge is 2.11. The Labute approximate surface area is 132 Å². The summed E-state index contributed by atoms with van der Waals surface area (Å²) in [6.07, 6.45) is -2.67. The van der Waals surface area contributed by atoms with E-state index in [1.165, 1.54) is 0 Å². The minimum Gasteiger partial charge on any atom is -0.296 e. The summed E-state index contributed by atoms with van der Waals surface area (Å²) in [5, 5.41) is 10.5. The van der Waals surface area contributed by atoms with E-state index in [9.17, 15) is 18.0 Å². The molecule has 0 aliphatic carbocycles. The largest absolute Gasteiger partial charge is 0.301 e. The van der Waals surface area contributed by atoms with Crippen molar-refractivity contribution in [3.63, 3.8) is 0 Å². The van der Waals surface area contributed by atoms with E-state index in [2.05, 4.69) is 15.5 Å². The van der Waals surface area contributed by atoms with Crippen molar-refractivity contribution in [2.45, 2.75) is 10.8 Å². The highest BCUT2D eigenvalue weighted by atomic mass is 32.2. The van der Waals surface area contributed by atoms with Crippen molar-refractivity contribution in [3.8, 4) is 0 Å². The number of allylic oxidation sites excluding steroid dienone is 1. The predicted molar refractivity (Wildman–Crippen MR) is 80.0 cm³/mol. The van der Waals surface area contributed by atoms with Gasteiger partial charge in [0, 0.05) is 17.7 Å². The van der Waals surface area contributed by atoms with Crippen LogP contribution in [0.1, 0.15) is 16.8 Å². The van der Waals surface area contributed by atoms with Crippen LogP contribution < -0.4 is 5.32 Å². The Morgan fingerprint density at radius 1 is 1.18 bits per heavy atom. The zero-order chi connectivity index (χ0) is 15.9. The van der Waals surface area contributed by atoms with Crippen molar-refractivity contribution in [2.75, 3.05) is 11.1 Å². The number of aromatic nitrogens is 2. The van der Waals surface area contributed by atoms with E-state index in [4.69, 9.17) is 0 Å². The second-order valence-electron chi connectivity index (χ2n) is 3.96. The summed E-state index contributed by atoms with van der Waals surface area (Å²) in [7, 11) is 0. The third-order valence-electron chi connectivity index (χ3n) is 2.42. The van der Waals surface area contributed by atoms with Gasteiger partial charge in [0.05, 0.1) is 0 Å². The van der Waals surface area contributed by atoms with Gasteiger partial charge in [0.15, 0.2) is 10.2 Å². The average Bonchev–Trinajstić information content (AvgIpc) is 2.95. The maximum absolute atomic E-state index is 12.6. The molecule has 1 N–H and O–H groups in total. The lowest BCUT2D eigenvalue weighted by molar-refractivity contribution is 0.102. The molecule has 4 nitrogen and oxygen atoms in total. The van der Waals surface area contributed by atoms with Crippen LogP contribution in [0.25, 0.3) is 0 Å². The highest BCUT2D eigenvalue weighted by Crippen LogP contribution is 2.27. The Bertz CT molecular complexity index is 672. The minimum absolute atomic E-state index is 0.116. The summed E-state index contributed by atoms with van der Waals surface area (Å²) in [6.45, 7) is 0. The van der Waals surface area contributed by atoms with Crippen LogP contribution in [0.3, 0.4) is 0 Å². The Balaban J connectivity index is 1.87. The number of anilines is 1. The molecular formula is C13H10F3N3OS2. The number of benzene rings is 1. The van der Waals surface area contributed by atoms with E-state index < -0.39 is 11.9 Å². The molecule has 1 aromatic heterocycles. The Hall–Kier alpha value is -1.87. The van der Waals surface area contributed by atoms with Gasteiger partial charge >= 0.3 is 6.08 Å². The molecule has 0 radical (unpaired) electrons. The highest BCUT2D eigenvalue weighted by molar-refractivity contribution is 8.01. The van der Waals surface area contributed by atoms with Gasteiger partial charge in [-0.3, -0.25) is 10.1 Å². The number of amides is 1. The maximum Gasteiger partial charge on any atom is 0.301 e. The van der Waals surface area contributed by atoms with Crippen LogP contribution in [0.2, 0.25) is 0 Å². The molecule has 0 aliphatic rings. The van der Waals surface area contributed by atoms with E-state index >= 15 is 0 Å². The molecule has 0 atom stereocenters. The van der Waals surface area contributed by atoms with Gasteiger partial charge in [0.1, 0.15) is 0 Å². The van der Waals surface area contributed by atoms with Crippen LogP contribution >= 0.6 is 23.1 Å². The lowest BCUT2D eigenvalue weighted by Crippen LogP contribution is -2.11. The monoisotopic (exact) mass is 345 g/mol. The van der Waals surface area contributed by atoms with Crippen LogP contribution in [-0.4, -0.2) is 21.9 Å². The van der Waals surface area contributed by atoms with Crippen molar-refractivity contribution >= 4 is 34.1 Å². The number of thioether (sulfide) groups is 1. The van der Waals surface area contributed by atoms with Gasteiger partial charge in [0.2, 0.25) is 5.13 Å². The molecule has 0 fully saturated rings. The number of nitrogens with one attached hydrogen (secondary N) is 1. The SMILES string of the molecule is O=C(Nc1nnc(SCCC(F)=C(F)F)s1)c1ccccc1. The topological polar surface area (TPSA) is 54.9 Å². The Morgan fingerprint density at radius 2 is 1.91 bits per heavy atom. The fourth-order valence-electron chi connectivity index (χ4n) is 1.40. The summed E-state index contributed by atoms with van der Waals surface area (Å²) in [4.78, 5) is 11.9. The average molecular weight is 345 g/mol. The summed E-state index contributed by atoms with van der Waals surface area (Å²) >= 11 is 2.19. The molecule has 1 amide bonds. The Morgan fingerprint density at radius 3 is 2.59 bits per heavy atom. The molecule has 22 heavy (non-hydrogen) atoms. The molecule has 0 saturated heterocycles. The second-order valence-corrected chi connectivity index (χ2v) is 6.28. The van der Waals surface area contributed by atoms with Crippen molar-refractivity contribution in [1.82, 2.24) is 10.2 Å². The molecule has 9 heteroatoms. The molecular weight excluding hydrogens is 335 g/mol. The summed E-state index contributed by atoms with van der Waals surface area (Å²) in [5.41, 5.74) is 0.484. The minimum atomic E-state index is -2.30. The van der Waals surface area contributed by atoms with Crippen LogP contribution in [0.5, 0.6) is 0 Å². The quantitative estimate of drug-likeness (QED) is 0.625. The van der Waals surface area contributed by atoms with E-state index in [0.717, 1.165) is 23.1 Å². The summed E-state index contributed by atoms with van der Waals surface area (Å²) in [5.74, 6) is -1.62. The zero-order valence-electron chi connectivity index (χ0n) is 11.1. The number of nitrogens with zero attached hydrogens (tertiary/aromatic N) is 2. The molecule has 1 heterocycles. The number of hydrogen-bond acceptors (Lipinski definition) is 5. The fourth-order valence-corrected chi connectivity index (χ4v) is 3.15. The van der Waals surface area contributed by atoms with Gasteiger partial charge in [-0.05, 0) is 12.1 Å². The maximum atomic E-state index is 12.6. The third kappa shape index (κ3) is 4.85. The molecule has 2 aromatic rings. The first-order valence-electron chi connectivity index (χ1n) is 6.08. The number of hydrogen-bond donors (Lipinski definition) is 1. The third-order valence-corrected chi connectivity index (χ3v) is 4.39. The normalized spacial score (nSPS) is 10.3. The van der Waals surface area contributed by atoms with Crippen LogP contribution in [0, 0.1) is 0 Å². The van der Waals surface area contributed by atoms with Crippen LogP contribution in [0.15, 0.2) is 46.6 Å². The predicted octanol–water partition coefficient (Wildman–Crippen LogP) is 4.35. The molecule has 116 valence electrons. The number of halogens is 3. The molecule has 0 aliphatic heterocycles. The van der Waals surface area contributed by atoms with Crippen molar-refractivity contribution < 1.29 is 18.0 Å². The molecule has 0 spiro atoms. The van der Waals surface area contributed by atoms with Crippen LogP contribution in [-0.2, 0) is 0 Å².